The van der Waals surface area contributed by atoms with Gasteiger partial charge in [0.2, 0.25) is 0 Å². The van der Waals surface area contributed by atoms with Crippen molar-refractivity contribution in [2.75, 3.05) is 0 Å². The Morgan fingerprint density at radius 2 is 1.39 bits per heavy atom. The van der Waals surface area contributed by atoms with Gasteiger partial charge in [0.25, 0.3) is 0 Å². The number of hydrogen-bond acceptors (Lipinski definition) is 0. The van der Waals surface area contributed by atoms with Crippen LogP contribution in [0, 0.1) is 35.5 Å². The zero-order chi connectivity index (χ0) is 14.3. The van der Waals surface area contributed by atoms with Crippen LogP contribution in [0.5, 0.6) is 0 Å². The average Bonchev–Trinajstić information content (AvgIpc) is 2.24. The van der Waals surface area contributed by atoms with Gasteiger partial charge in [-0.3, -0.25) is 0 Å². The standard InChI is InChI=1S/C18H36/c1-9-10-16(7)18(17(8)14(4)5)12-15(6)11-13(2)3/h9-10,13-18H,11-12H2,1-8H3/b10-9+. The van der Waals surface area contributed by atoms with Gasteiger partial charge in [-0.15, -0.1) is 0 Å². The predicted molar refractivity (Wildman–Crippen MR) is 84.7 cm³/mol. The van der Waals surface area contributed by atoms with Crippen LogP contribution in [-0.4, -0.2) is 0 Å². The quantitative estimate of drug-likeness (QED) is 0.452. The van der Waals surface area contributed by atoms with Crippen LogP contribution < -0.4 is 0 Å². The van der Waals surface area contributed by atoms with Gasteiger partial charge in [-0.1, -0.05) is 60.6 Å². The van der Waals surface area contributed by atoms with Crippen molar-refractivity contribution < 1.29 is 0 Å². The summed E-state index contributed by atoms with van der Waals surface area (Å²) in [6.07, 6.45) is 7.36. The van der Waals surface area contributed by atoms with Crippen LogP contribution >= 0.6 is 0 Å². The van der Waals surface area contributed by atoms with Crippen LogP contribution in [0.2, 0.25) is 0 Å². The Bertz CT molecular complexity index is 224. The summed E-state index contributed by atoms with van der Waals surface area (Å²) < 4.78 is 0. The topological polar surface area (TPSA) is 0 Å². The minimum Gasteiger partial charge on any atom is -0.0914 e. The second kappa shape index (κ2) is 8.77. The molecule has 18 heavy (non-hydrogen) atoms. The molecule has 0 spiro atoms. The fourth-order valence-corrected chi connectivity index (χ4v) is 3.21. The van der Waals surface area contributed by atoms with E-state index in [9.17, 15) is 0 Å². The molecule has 0 saturated heterocycles. The molecule has 0 heterocycles. The maximum Gasteiger partial charge on any atom is -0.0231 e. The Balaban J connectivity index is 4.66. The normalized spacial score (nSPS) is 19.4. The van der Waals surface area contributed by atoms with Gasteiger partial charge in [-0.05, 0) is 55.3 Å². The van der Waals surface area contributed by atoms with E-state index < -0.39 is 0 Å². The summed E-state index contributed by atoms with van der Waals surface area (Å²) in [6.45, 7) is 18.8. The fourth-order valence-electron chi connectivity index (χ4n) is 3.21. The third kappa shape index (κ3) is 6.61. The molecule has 0 rings (SSSR count). The molecule has 108 valence electrons. The van der Waals surface area contributed by atoms with E-state index in [1.807, 2.05) is 0 Å². The Kier molecular flexibility index (Phi) is 8.65. The van der Waals surface area contributed by atoms with Crippen molar-refractivity contribution in [3.63, 3.8) is 0 Å². The van der Waals surface area contributed by atoms with Crippen molar-refractivity contribution >= 4 is 0 Å². The van der Waals surface area contributed by atoms with E-state index >= 15 is 0 Å². The summed E-state index contributed by atoms with van der Waals surface area (Å²) in [5.74, 6) is 4.81. The van der Waals surface area contributed by atoms with Gasteiger partial charge >= 0.3 is 0 Å². The van der Waals surface area contributed by atoms with Gasteiger partial charge in [-0.2, -0.15) is 0 Å². The molecule has 0 heteroatoms. The third-order valence-electron chi connectivity index (χ3n) is 4.45. The van der Waals surface area contributed by atoms with E-state index in [-0.39, 0.29) is 0 Å². The van der Waals surface area contributed by atoms with Crippen LogP contribution in [0.25, 0.3) is 0 Å². The van der Waals surface area contributed by atoms with Gasteiger partial charge in [0.05, 0.1) is 0 Å². The smallest absolute Gasteiger partial charge is 0.0231 e. The molecule has 0 nitrogen and oxygen atoms in total. The first-order valence-electron chi connectivity index (χ1n) is 7.92. The van der Waals surface area contributed by atoms with Crippen LogP contribution in [0.4, 0.5) is 0 Å². The van der Waals surface area contributed by atoms with Crippen molar-refractivity contribution in [1.82, 2.24) is 0 Å². The highest BCUT2D eigenvalue weighted by molar-refractivity contribution is 4.90. The van der Waals surface area contributed by atoms with E-state index in [0.29, 0.717) is 5.92 Å². The van der Waals surface area contributed by atoms with Crippen LogP contribution in [0.1, 0.15) is 68.2 Å². The highest BCUT2D eigenvalue weighted by Gasteiger charge is 2.26. The van der Waals surface area contributed by atoms with E-state index in [4.69, 9.17) is 0 Å². The maximum absolute atomic E-state index is 2.44. The first-order valence-corrected chi connectivity index (χ1v) is 7.92. The highest BCUT2D eigenvalue weighted by atomic mass is 14.3. The van der Waals surface area contributed by atoms with Gasteiger partial charge in [-0.25, -0.2) is 0 Å². The van der Waals surface area contributed by atoms with E-state index in [0.717, 1.165) is 29.6 Å². The Morgan fingerprint density at radius 3 is 1.78 bits per heavy atom. The monoisotopic (exact) mass is 252 g/mol. The van der Waals surface area contributed by atoms with E-state index in [2.05, 4.69) is 67.5 Å². The molecule has 4 atom stereocenters. The molecule has 0 aromatic rings. The van der Waals surface area contributed by atoms with Crippen LogP contribution in [-0.2, 0) is 0 Å². The lowest BCUT2D eigenvalue weighted by atomic mass is 9.72. The molecular formula is C18H36. The molecule has 0 radical (unpaired) electrons. The van der Waals surface area contributed by atoms with E-state index in [1.54, 1.807) is 0 Å². The molecule has 0 bridgehead atoms. The number of rotatable bonds is 8. The summed E-state index contributed by atoms with van der Waals surface area (Å²) in [5.41, 5.74) is 0. The SMILES string of the molecule is C/C=C/C(C)C(CC(C)CC(C)C)C(C)C(C)C. The molecule has 0 saturated carbocycles. The number of hydrogen-bond donors (Lipinski definition) is 0. The number of allylic oxidation sites excluding steroid dienone is 2. The molecular weight excluding hydrogens is 216 g/mol. The summed E-state index contributed by atoms with van der Waals surface area (Å²) in [5, 5.41) is 0. The third-order valence-corrected chi connectivity index (χ3v) is 4.45. The maximum atomic E-state index is 2.44. The average molecular weight is 252 g/mol. The summed E-state index contributed by atoms with van der Waals surface area (Å²) in [6, 6.07) is 0. The fraction of sp³-hybridized carbons (Fsp3) is 0.889. The lowest BCUT2D eigenvalue weighted by Gasteiger charge is -2.33. The predicted octanol–water partition coefficient (Wildman–Crippen LogP) is 6.18. The van der Waals surface area contributed by atoms with Gasteiger partial charge in [0.1, 0.15) is 0 Å². The first kappa shape index (κ1) is 17.7. The van der Waals surface area contributed by atoms with Crippen LogP contribution in [0.15, 0.2) is 12.2 Å². The lowest BCUT2D eigenvalue weighted by molar-refractivity contribution is 0.184. The summed E-state index contributed by atoms with van der Waals surface area (Å²) in [4.78, 5) is 0. The Morgan fingerprint density at radius 1 is 0.833 bits per heavy atom. The molecule has 0 fully saturated rings. The molecule has 0 amide bonds. The Hall–Kier alpha value is -0.260. The second-order valence-corrected chi connectivity index (χ2v) is 7.12. The molecule has 0 N–H and O–H groups in total. The van der Waals surface area contributed by atoms with Gasteiger partial charge in [0, 0.05) is 0 Å². The lowest BCUT2D eigenvalue weighted by Crippen LogP contribution is -2.25. The second-order valence-electron chi connectivity index (χ2n) is 7.12. The largest absolute Gasteiger partial charge is 0.0914 e. The molecule has 4 unspecified atom stereocenters. The molecule has 0 aromatic heterocycles. The Labute approximate surface area is 116 Å². The van der Waals surface area contributed by atoms with Crippen LogP contribution in [0.3, 0.4) is 0 Å². The first-order chi connectivity index (χ1) is 8.29. The highest BCUT2D eigenvalue weighted by Crippen LogP contribution is 2.34. The summed E-state index contributed by atoms with van der Waals surface area (Å²) >= 11 is 0. The zero-order valence-corrected chi connectivity index (χ0v) is 14.0. The zero-order valence-electron chi connectivity index (χ0n) is 14.0. The molecule has 0 aliphatic carbocycles. The molecule has 0 aromatic carbocycles. The minimum atomic E-state index is 0.710. The van der Waals surface area contributed by atoms with E-state index in [1.165, 1.54) is 12.8 Å². The van der Waals surface area contributed by atoms with Crippen molar-refractivity contribution in [2.24, 2.45) is 35.5 Å². The minimum absolute atomic E-state index is 0.710. The molecule has 0 aliphatic rings. The van der Waals surface area contributed by atoms with Gasteiger partial charge < -0.3 is 0 Å². The van der Waals surface area contributed by atoms with Gasteiger partial charge in [0.15, 0.2) is 0 Å². The summed E-state index contributed by atoms with van der Waals surface area (Å²) in [7, 11) is 0. The van der Waals surface area contributed by atoms with Crippen molar-refractivity contribution in [3.8, 4) is 0 Å². The van der Waals surface area contributed by atoms with Crippen molar-refractivity contribution in [3.05, 3.63) is 12.2 Å². The molecule has 0 aliphatic heterocycles. The van der Waals surface area contributed by atoms with Crippen molar-refractivity contribution in [1.29, 1.82) is 0 Å². The van der Waals surface area contributed by atoms with Crippen molar-refractivity contribution in [2.45, 2.75) is 68.2 Å².